The predicted molar refractivity (Wildman–Crippen MR) is 64.6 cm³/mol. The van der Waals surface area contributed by atoms with Crippen LogP contribution in [0.25, 0.3) is 0 Å². The quantitative estimate of drug-likeness (QED) is 0.880. The summed E-state index contributed by atoms with van der Waals surface area (Å²) in [7, 11) is 1.94. The SMILES string of the molecule is CCc1nsc(NCc2cnn(C)c2C)n1. The molecule has 0 saturated heterocycles. The maximum Gasteiger partial charge on any atom is 0.202 e. The lowest BCUT2D eigenvalue weighted by Gasteiger charge is -2.01. The zero-order chi connectivity index (χ0) is 11.5. The highest BCUT2D eigenvalue weighted by Crippen LogP contribution is 2.14. The maximum absolute atomic E-state index is 4.35. The van der Waals surface area contributed by atoms with Crippen molar-refractivity contribution in [1.29, 1.82) is 0 Å². The zero-order valence-corrected chi connectivity index (χ0v) is 10.5. The fraction of sp³-hybridized carbons (Fsp3) is 0.500. The van der Waals surface area contributed by atoms with E-state index in [4.69, 9.17) is 0 Å². The van der Waals surface area contributed by atoms with Crippen LogP contribution in [-0.2, 0) is 20.0 Å². The van der Waals surface area contributed by atoms with Gasteiger partial charge in [0.15, 0.2) is 0 Å². The molecule has 1 N–H and O–H groups in total. The summed E-state index contributed by atoms with van der Waals surface area (Å²) in [6, 6.07) is 0. The van der Waals surface area contributed by atoms with Crippen molar-refractivity contribution < 1.29 is 0 Å². The Morgan fingerprint density at radius 2 is 2.31 bits per heavy atom. The van der Waals surface area contributed by atoms with Crippen LogP contribution in [0.15, 0.2) is 6.20 Å². The monoisotopic (exact) mass is 237 g/mol. The maximum atomic E-state index is 4.35. The number of aryl methyl sites for hydroxylation is 2. The van der Waals surface area contributed by atoms with Gasteiger partial charge in [0.2, 0.25) is 5.13 Å². The summed E-state index contributed by atoms with van der Waals surface area (Å²) >= 11 is 1.41. The highest BCUT2D eigenvalue weighted by molar-refractivity contribution is 7.09. The van der Waals surface area contributed by atoms with Gasteiger partial charge >= 0.3 is 0 Å². The Kier molecular flexibility index (Phi) is 3.19. The van der Waals surface area contributed by atoms with Crippen molar-refractivity contribution in [2.45, 2.75) is 26.8 Å². The predicted octanol–water partition coefficient (Wildman–Crippen LogP) is 1.75. The Balaban J connectivity index is 1.99. The Morgan fingerprint density at radius 3 is 2.88 bits per heavy atom. The molecule has 0 aromatic carbocycles. The van der Waals surface area contributed by atoms with Crippen LogP contribution in [0.2, 0.25) is 0 Å². The topological polar surface area (TPSA) is 55.6 Å². The fourth-order valence-electron chi connectivity index (χ4n) is 1.36. The smallest absolute Gasteiger partial charge is 0.202 e. The number of hydrogen-bond donors (Lipinski definition) is 1. The zero-order valence-electron chi connectivity index (χ0n) is 9.69. The van der Waals surface area contributed by atoms with Crippen LogP contribution in [0.1, 0.15) is 24.0 Å². The molecule has 0 aliphatic carbocycles. The summed E-state index contributed by atoms with van der Waals surface area (Å²) in [4.78, 5) is 4.35. The molecule has 2 heterocycles. The van der Waals surface area contributed by atoms with Gasteiger partial charge in [-0.25, -0.2) is 4.98 Å². The first-order valence-electron chi connectivity index (χ1n) is 5.24. The standard InChI is InChI=1S/C10H15N5S/c1-4-9-13-10(16-14-9)11-5-8-6-12-15(3)7(8)2/h6H,4-5H2,1-3H3,(H,11,13,14). The van der Waals surface area contributed by atoms with E-state index in [0.29, 0.717) is 0 Å². The largest absolute Gasteiger partial charge is 0.356 e. The summed E-state index contributed by atoms with van der Waals surface area (Å²) in [6.45, 7) is 4.86. The van der Waals surface area contributed by atoms with E-state index in [9.17, 15) is 0 Å². The van der Waals surface area contributed by atoms with Gasteiger partial charge in [-0.05, 0) is 6.92 Å². The van der Waals surface area contributed by atoms with Gasteiger partial charge in [0, 0.05) is 42.8 Å². The number of anilines is 1. The summed E-state index contributed by atoms with van der Waals surface area (Å²) in [6.07, 6.45) is 2.76. The highest BCUT2D eigenvalue weighted by atomic mass is 32.1. The van der Waals surface area contributed by atoms with E-state index in [1.54, 1.807) is 0 Å². The molecule has 0 amide bonds. The third-order valence-electron chi connectivity index (χ3n) is 2.55. The van der Waals surface area contributed by atoms with Gasteiger partial charge < -0.3 is 5.32 Å². The number of nitrogens with one attached hydrogen (secondary N) is 1. The van der Waals surface area contributed by atoms with E-state index in [1.165, 1.54) is 22.8 Å². The van der Waals surface area contributed by atoms with Gasteiger partial charge in [0.1, 0.15) is 5.82 Å². The molecule has 0 atom stereocenters. The van der Waals surface area contributed by atoms with E-state index in [0.717, 1.165) is 23.9 Å². The molecule has 6 heteroatoms. The molecule has 0 spiro atoms. The Morgan fingerprint density at radius 1 is 1.50 bits per heavy atom. The molecular weight excluding hydrogens is 222 g/mol. The molecule has 2 aromatic rings. The van der Waals surface area contributed by atoms with E-state index >= 15 is 0 Å². The van der Waals surface area contributed by atoms with Crippen molar-refractivity contribution in [2.24, 2.45) is 7.05 Å². The van der Waals surface area contributed by atoms with Gasteiger partial charge in [-0.3, -0.25) is 4.68 Å². The molecule has 0 aliphatic heterocycles. The van der Waals surface area contributed by atoms with Gasteiger partial charge in [0.25, 0.3) is 0 Å². The van der Waals surface area contributed by atoms with E-state index in [2.05, 4.69) is 33.6 Å². The molecule has 2 aromatic heterocycles. The van der Waals surface area contributed by atoms with Crippen molar-refractivity contribution in [1.82, 2.24) is 19.1 Å². The van der Waals surface area contributed by atoms with Crippen LogP contribution < -0.4 is 5.32 Å². The summed E-state index contributed by atoms with van der Waals surface area (Å²) in [5.41, 5.74) is 2.36. The average molecular weight is 237 g/mol. The van der Waals surface area contributed by atoms with Crippen LogP contribution in [0.5, 0.6) is 0 Å². The van der Waals surface area contributed by atoms with Crippen LogP contribution in [-0.4, -0.2) is 19.1 Å². The second-order valence-corrected chi connectivity index (χ2v) is 4.35. The van der Waals surface area contributed by atoms with Crippen molar-refractivity contribution in [3.05, 3.63) is 23.3 Å². The number of nitrogens with zero attached hydrogens (tertiary/aromatic N) is 4. The average Bonchev–Trinajstić information content (AvgIpc) is 2.86. The molecule has 5 nitrogen and oxygen atoms in total. The molecule has 86 valence electrons. The third kappa shape index (κ3) is 2.21. The summed E-state index contributed by atoms with van der Waals surface area (Å²) in [5.74, 6) is 0.899. The third-order valence-corrected chi connectivity index (χ3v) is 3.26. The Hall–Kier alpha value is -1.43. The van der Waals surface area contributed by atoms with Crippen LogP contribution in [0.4, 0.5) is 5.13 Å². The molecule has 0 aliphatic rings. The second kappa shape index (κ2) is 4.61. The van der Waals surface area contributed by atoms with Crippen LogP contribution in [0, 0.1) is 6.92 Å². The van der Waals surface area contributed by atoms with Gasteiger partial charge in [-0.1, -0.05) is 6.92 Å². The van der Waals surface area contributed by atoms with Gasteiger partial charge in [0.05, 0.1) is 6.20 Å². The first-order chi connectivity index (χ1) is 7.70. The fourth-order valence-corrected chi connectivity index (χ4v) is 2.00. The van der Waals surface area contributed by atoms with E-state index in [1.807, 2.05) is 17.9 Å². The lowest BCUT2D eigenvalue weighted by atomic mass is 10.2. The van der Waals surface area contributed by atoms with Crippen molar-refractivity contribution >= 4 is 16.7 Å². The lowest BCUT2D eigenvalue weighted by Crippen LogP contribution is -2.01. The summed E-state index contributed by atoms with van der Waals surface area (Å²) in [5, 5.41) is 8.33. The first-order valence-corrected chi connectivity index (χ1v) is 6.02. The molecule has 0 unspecified atom stereocenters. The molecule has 0 saturated carbocycles. The molecule has 0 bridgehead atoms. The highest BCUT2D eigenvalue weighted by Gasteiger charge is 2.05. The summed E-state index contributed by atoms with van der Waals surface area (Å²) < 4.78 is 6.09. The minimum Gasteiger partial charge on any atom is -0.356 e. The molecule has 0 fully saturated rings. The number of aromatic nitrogens is 4. The van der Waals surface area contributed by atoms with E-state index < -0.39 is 0 Å². The van der Waals surface area contributed by atoms with Gasteiger partial charge in [-0.2, -0.15) is 9.47 Å². The van der Waals surface area contributed by atoms with Crippen molar-refractivity contribution in [3.63, 3.8) is 0 Å². The molecule has 0 radical (unpaired) electrons. The molecular formula is C10H15N5S. The second-order valence-electron chi connectivity index (χ2n) is 3.60. The molecule has 2 rings (SSSR count). The Labute approximate surface area is 98.7 Å². The minimum atomic E-state index is 0.748. The normalized spacial score (nSPS) is 10.7. The lowest BCUT2D eigenvalue weighted by molar-refractivity contribution is 0.738. The number of hydrogen-bond acceptors (Lipinski definition) is 5. The van der Waals surface area contributed by atoms with Crippen LogP contribution >= 0.6 is 11.5 Å². The van der Waals surface area contributed by atoms with Crippen molar-refractivity contribution in [3.8, 4) is 0 Å². The minimum absolute atomic E-state index is 0.748. The first kappa shape index (κ1) is 11.1. The van der Waals surface area contributed by atoms with Crippen molar-refractivity contribution in [2.75, 3.05) is 5.32 Å². The van der Waals surface area contributed by atoms with Crippen LogP contribution in [0.3, 0.4) is 0 Å². The van der Waals surface area contributed by atoms with Gasteiger partial charge in [-0.15, -0.1) is 0 Å². The Bertz CT molecular complexity index is 473. The number of rotatable bonds is 4. The molecule has 16 heavy (non-hydrogen) atoms. The van der Waals surface area contributed by atoms with E-state index in [-0.39, 0.29) is 0 Å².